The van der Waals surface area contributed by atoms with E-state index < -0.39 is 10.0 Å². The second-order valence-electron chi connectivity index (χ2n) is 4.56. The van der Waals surface area contributed by atoms with Gasteiger partial charge in [0, 0.05) is 19.0 Å². The molecule has 7 heteroatoms. The molecule has 0 atom stereocenters. The van der Waals surface area contributed by atoms with E-state index >= 15 is 0 Å². The van der Waals surface area contributed by atoms with Crippen molar-refractivity contribution in [2.45, 2.75) is 17.7 Å². The van der Waals surface area contributed by atoms with E-state index in [9.17, 15) is 8.42 Å². The molecule has 0 amide bonds. The Balaban J connectivity index is 2.28. The van der Waals surface area contributed by atoms with Gasteiger partial charge >= 0.3 is 0 Å². The molecule has 5 nitrogen and oxygen atoms in total. The molecule has 1 aromatic rings. The lowest BCUT2D eigenvalue weighted by Crippen LogP contribution is -2.38. The van der Waals surface area contributed by atoms with E-state index in [1.54, 1.807) is 0 Å². The van der Waals surface area contributed by atoms with E-state index in [1.807, 2.05) is 6.07 Å². The van der Waals surface area contributed by atoms with Gasteiger partial charge in [0.15, 0.2) is 0 Å². The van der Waals surface area contributed by atoms with Crippen molar-refractivity contribution >= 4 is 21.6 Å². The summed E-state index contributed by atoms with van der Waals surface area (Å²) in [5, 5.41) is 17.6. The van der Waals surface area contributed by atoms with Gasteiger partial charge < -0.3 is 0 Å². The van der Waals surface area contributed by atoms with Gasteiger partial charge in [-0.25, -0.2) is 8.42 Å². The molecule has 1 aliphatic heterocycles. The molecule has 1 fully saturated rings. The number of hydrogen-bond donors (Lipinski definition) is 0. The fourth-order valence-electron chi connectivity index (χ4n) is 2.14. The summed E-state index contributed by atoms with van der Waals surface area (Å²) in [7, 11) is -3.67. The lowest BCUT2D eigenvalue weighted by molar-refractivity contribution is 0.310. The zero-order valence-electron chi connectivity index (χ0n) is 10.6. The summed E-state index contributed by atoms with van der Waals surface area (Å²) in [4.78, 5) is 0.00794. The van der Waals surface area contributed by atoms with Crippen LogP contribution in [0, 0.1) is 28.6 Å². The minimum Gasteiger partial charge on any atom is -0.207 e. The Morgan fingerprint density at radius 3 is 2.40 bits per heavy atom. The average molecular weight is 310 g/mol. The van der Waals surface area contributed by atoms with Crippen molar-refractivity contribution in [2.24, 2.45) is 5.92 Å². The molecule has 0 N–H and O–H groups in total. The highest BCUT2D eigenvalue weighted by Crippen LogP contribution is 2.28. The molecule has 0 bridgehead atoms. The van der Waals surface area contributed by atoms with Crippen molar-refractivity contribution in [3.63, 3.8) is 0 Å². The second kappa shape index (κ2) is 5.80. The van der Waals surface area contributed by atoms with Crippen molar-refractivity contribution in [3.05, 3.63) is 28.8 Å². The van der Waals surface area contributed by atoms with Crippen LogP contribution in [0.1, 0.15) is 18.4 Å². The molecular formula is C13H12ClN3O2S. The summed E-state index contributed by atoms with van der Waals surface area (Å²) in [5.74, 6) is -0.0853. The van der Waals surface area contributed by atoms with E-state index in [0.29, 0.717) is 31.5 Å². The first-order valence-electron chi connectivity index (χ1n) is 6.08. The van der Waals surface area contributed by atoms with Crippen molar-refractivity contribution in [3.8, 4) is 12.1 Å². The predicted octanol–water partition coefficient (Wildman–Crippen LogP) is 2.14. The van der Waals surface area contributed by atoms with Crippen LogP contribution in [-0.4, -0.2) is 25.8 Å². The summed E-state index contributed by atoms with van der Waals surface area (Å²) >= 11 is 5.96. The third kappa shape index (κ3) is 2.78. The second-order valence-corrected chi connectivity index (χ2v) is 6.88. The minimum atomic E-state index is -3.67. The summed E-state index contributed by atoms with van der Waals surface area (Å²) < 4.78 is 26.3. The third-order valence-electron chi connectivity index (χ3n) is 3.32. The normalized spacial score (nSPS) is 17.4. The van der Waals surface area contributed by atoms with Crippen LogP contribution in [0.4, 0.5) is 0 Å². The maximum Gasteiger partial charge on any atom is 0.244 e. The largest absolute Gasteiger partial charge is 0.244 e. The summed E-state index contributed by atoms with van der Waals surface area (Å²) in [6.07, 6.45) is 1.06. The van der Waals surface area contributed by atoms with Gasteiger partial charge in [-0.3, -0.25) is 0 Å². The monoisotopic (exact) mass is 309 g/mol. The predicted molar refractivity (Wildman–Crippen MR) is 73.3 cm³/mol. The smallest absolute Gasteiger partial charge is 0.207 e. The number of sulfonamides is 1. The first kappa shape index (κ1) is 14.8. The molecule has 1 aliphatic rings. The van der Waals surface area contributed by atoms with Crippen molar-refractivity contribution in [1.29, 1.82) is 10.5 Å². The highest BCUT2D eigenvalue weighted by molar-refractivity contribution is 7.89. The summed E-state index contributed by atoms with van der Waals surface area (Å²) in [6.45, 7) is 0.633. The Labute approximate surface area is 123 Å². The van der Waals surface area contributed by atoms with Crippen LogP contribution < -0.4 is 0 Å². The Hall–Kier alpha value is -1.60. The third-order valence-corrected chi connectivity index (χ3v) is 5.70. The Bertz CT molecular complexity index is 695. The fraction of sp³-hybridized carbons (Fsp3) is 0.385. The number of nitrogens with zero attached hydrogens (tertiary/aromatic N) is 3. The van der Waals surface area contributed by atoms with Gasteiger partial charge in [-0.05, 0) is 31.0 Å². The summed E-state index contributed by atoms with van der Waals surface area (Å²) in [6, 6.07) is 8.20. The van der Waals surface area contributed by atoms with Crippen LogP contribution in [0.3, 0.4) is 0 Å². The van der Waals surface area contributed by atoms with Crippen LogP contribution in [0.5, 0.6) is 0 Å². The van der Waals surface area contributed by atoms with Crippen LogP contribution >= 0.6 is 11.6 Å². The quantitative estimate of drug-likeness (QED) is 0.837. The molecule has 0 unspecified atom stereocenters. The standard InChI is InChI=1S/C13H12ClN3O2S/c14-12-7-11(9-16)1-2-13(12)20(18,19)17-5-3-10(8-15)4-6-17/h1-2,7,10H,3-6H2. The number of benzene rings is 1. The molecular weight excluding hydrogens is 298 g/mol. The highest BCUT2D eigenvalue weighted by Gasteiger charge is 2.30. The molecule has 104 valence electrons. The molecule has 1 heterocycles. The molecule has 0 aliphatic carbocycles. The Morgan fingerprint density at radius 2 is 1.90 bits per heavy atom. The minimum absolute atomic E-state index is 0.00794. The van der Waals surface area contributed by atoms with Crippen LogP contribution in [0.2, 0.25) is 5.02 Å². The molecule has 0 spiro atoms. The van der Waals surface area contributed by atoms with E-state index in [4.69, 9.17) is 22.1 Å². The zero-order chi connectivity index (χ0) is 14.8. The number of nitriles is 2. The molecule has 1 saturated heterocycles. The van der Waals surface area contributed by atoms with E-state index in [1.165, 1.54) is 22.5 Å². The van der Waals surface area contributed by atoms with Crippen molar-refractivity contribution in [1.82, 2.24) is 4.31 Å². The lowest BCUT2D eigenvalue weighted by atomic mass is 10.0. The molecule has 0 aromatic heterocycles. The van der Waals surface area contributed by atoms with E-state index in [0.717, 1.165) is 0 Å². The number of hydrogen-bond acceptors (Lipinski definition) is 4. The Morgan fingerprint density at radius 1 is 1.25 bits per heavy atom. The SMILES string of the molecule is N#Cc1ccc(S(=O)(=O)N2CCC(C#N)CC2)c(Cl)c1. The van der Waals surface area contributed by atoms with Gasteiger partial charge in [0.05, 0.1) is 22.7 Å². The molecule has 0 saturated carbocycles. The fourth-order valence-corrected chi connectivity index (χ4v) is 4.13. The van der Waals surface area contributed by atoms with Crippen LogP contribution in [-0.2, 0) is 10.0 Å². The Kier molecular flexibility index (Phi) is 4.29. The number of piperidine rings is 1. The number of rotatable bonds is 2. The van der Waals surface area contributed by atoms with Gasteiger partial charge in [0.25, 0.3) is 0 Å². The van der Waals surface area contributed by atoms with Crippen LogP contribution in [0.15, 0.2) is 23.1 Å². The summed E-state index contributed by atoms with van der Waals surface area (Å²) in [5.41, 5.74) is 0.317. The molecule has 1 aromatic carbocycles. The lowest BCUT2D eigenvalue weighted by Gasteiger charge is -2.28. The van der Waals surface area contributed by atoms with Gasteiger partial charge in [-0.2, -0.15) is 14.8 Å². The van der Waals surface area contributed by atoms with E-state index in [-0.39, 0.29) is 15.8 Å². The maximum atomic E-state index is 12.5. The molecule has 0 radical (unpaired) electrons. The van der Waals surface area contributed by atoms with Crippen molar-refractivity contribution in [2.75, 3.05) is 13.1 Å². The molecule has 2 rings (SSSR count). The average Bonchev–Trinajstić information content (AvgIpc) is 2.46. The molecule has 20 heavy (non-hydrogen) atoms. The number of halogens is 1. The highest BCUT2D eigenvalue weighted by atomic mass is 35.5. The zero-order valence-corrected chi connectivity index (χ0v) is 12.2. The first-order chi connectivity index (χ1) is 9.48. The van der Waals surface area contributed by atoms with Gasteiger partial charge in [0.2, 0.25) is 10.0 Å². The van der Waals surface area contributed by atoms with E-state index in [2.05, 4.69) is 6.07 Å². The van der Waals surface area contributed by atoms with Gasteiger partial charge in [-0.15, -0.1) is 0 Å². The maximum absolute atomic E-state index is 12.5. The van der Waals surface area contributed by atoms with Gasteiger partial charge in [-0.1, -0.05) is 11.6 Å². The topological polar surface area (TPSA) is 85.0 Å². The van der Waals surface area contributed by atoms with Crippen LogP contribution in [0.25, 0.3) is 0 Å². The van der Waals surface area contributed by atoms with Crippen molar-refractivity contribution < 1.29 is 8.42 Å². The first-order valence-corrected chi connectivity index (χ1v) is 7.90. The van der Waals surface area contributed by atoms with Gasteiger partial charge in [0.1, 0.15) is 4.90 Å².